The van der Waals surface area contributed by atoms with Crippen LogP contribution in [0.1, 0.15) is 6.42 Å². The molecule has 1 aliphatic heterocycles. The molecule has 0 atom stereocenters. The highest BCUT2D eigenvalue weighted by Crippen LogP contribution is 2.15. The molecule has 2 amide bonds. The largest absolute Gasteiger partial charge is 0.462 e. The van der Waals surface area contributed by atoms with Crippen LogP contribution in [0.2, 0.25) is 0 Å². The maximum absolute atomic E-state index is 10.7. The van der Waals surface area contributed by atoms with E-state index in [2.05, 4.69) is 21.8 Å². The molecule has 0 radical (unpaired) electrons. The van der Waals surface area contributed by atoms with E-state index in [1.807, 2.05) is 30.3 Å². The van der Waals surface area contributed by atoms with Crippen LogP contribution in [-0.4, -0.2) is 11.9 Å². The van der Waals surface area contributed by atoms with E-state index < -0.39 is 6.03 Å². The molecule has 5 nitrogen and oxygen atoms in total. The number of urea groups is 1. The van der Waals surface area contributed by atoms with Crippen LogP contribution < -0.4 is 4.74 Å². The Bertz CT molecular complexity index is 477. The molecule has 0 spiro atoms. The third-order valence-electron chi connectivity index (χ3n) is 1.84. The smallest absolute Gasteiger partial charge is 0.387 e. The second-order valence-corrected chi connectivity index (χ2v) is 3.14. The number of nitrogens with zero attached hydrogens (tertiary/aromatic N) is 3. The summed E-state index contributed by atoms with van der Waals surface area (Å²) in [5.41, 5.74) is 0. The van der Waals surface area contributed by atoms with Crippen molar-refractivity contribution in [2.24, 2.45) is 15.2 Å². The highest BCUT2D eigenvalue weighted by molar-refractivity contribution is 5.99. The topological polar surface area (TPSA) is 63.4 Å². The van der Waals surface area contributed by atoms with E-state index in [4.69, 9.17) is 4.74 Å². The summed E-state index contributed by atoms with van der Waals surface area (Å²) in [5, 5.41) is 6.85. The maximum Gasteiger partial charge on any atom is 0.387 e. The number of amidine groups is 1. The first-order valence-electron chi connectivity index (χ1n) is 4.68. The molecular formula is C11H9N3O2. The van der Waals surface area contributed by atoms with Gasteiger partial charge in [0.1, 0.15) is 11.5 Å². The molecule has 0 unspecified atom stereocenters. The molecule has 1 aromatic rings. The van der Waals surface area contributed by atoms with Crippen molar-refractivity contribution in [3.8, 4) is 5.75 Å². The molecule has 0 N–H and O–H groups in total. The molecule has 1 heterocycles. The highest BCUT2D eigenvalue weighted by Gasteiger charge is 2.12. The van der Waals surface area contributed by atoms with Gasteiger partial charge in [0.05, 0.1) is 6.42 Å². The zero-order valence-corrected chi connectivity index (χ0v) is 8.46. The van der Waals surface area contributed by atoms with Crippen molar-refractivity contribution in [2.75, 3.05) is 0 Å². The zero-order valence-electron chi connectivity index (χ0n) is 8.46. The molecule has 0 bridgehead atoms. The van der Waals surface area contributed by atoms with Gasteiger partial charge in [-0.05, 0) is 12.1 Å². The lowest BCUT2D eigenvalue weighted by Crippen LogP contribution is -2.00. The lowest BCUT2D eigenvalue weighted by atomic mass is 10.3. The monoisotopic (exact) mass is 215 g/mol. The molecule has 1 aromatic carbocycles. The molecule has 2 rings (SSSR count). The number of benzene rings is 1. The van der Waals surface area contributed by atoms with Crippen LogP contribution in [0.4, 0.5) is 4.79 Å². The number of carbonyl (C=O) groups is 1. The number of ether oxygens (including phenoxy) is 1. The number of hydrogen-bond acceptors (Lipinski definition) is 3. The summed E-state index contributed by atoms with van der Waals surface area (Å²) >= 11 is 0. The summed E-state index contributed by atoms with van der Waals surface area (Å²) in [6.07, 6.45) is 0.282. The summed E-state index contributed by atoms with van der Waals surface area (Å²) in [5.74, 6) is 1.49. The first-order valence-corrected chi connectivity index (χ1v) is 4.68. The van der Waals surface area contributed by atoms with E-state index in [0.717, 1.165) is 0 Å². The predicted molar refractivity (Wildman–Crippen MR) is 58.5 cm³/mol. The molecule has 0 aliphatic carbocycles. The Kier molecular flexibility index (Phi) is 2.86. The summed E-state index contributed by atoms with van der Waals surface area (Å²) in [6.45, 7) is 3.72. The Morgan fingerprint density at radius 3 is 2.62 bits per heavy atom. The molecule has 0 saturated carbocycles. The van der Waals surface area contributed by atoms with E-state index in [1.54, 1.807) is 0 Å². The standard InChI is InChI=1S/C11H9N3O2/c1-8(7-10-12-11(15)14-13-10)16-9-5-3-2-4-6-9/h2-6H,1,7H2. The van der Waals surface area contributed by atoms with E-state index in [-0.39, 0.29) is 6.42 Å². The van der Waals surface area contributed by atoms with Crippen LogP contribution >= 0.6 is 0 Å². The number of rotatable bonds is 4. The Morgan fingerprint density at radius 2 is 2.00 bits per heavy atom. The predicted octanol–water partition coefficient (Wildman–Crippen LogP) is 2.95. The number of azo groups is 1. The van der Waals surface area contributed by atoms with Crippen LogP contribution in [0.3, 0.4) is 0 Å². The fourth-order valence-corrected chi connectivity index (χ4v) is 1.20. The van der Waals surface area contributed by atoms with Crippen molar-refractivity contribution in [3.63, 3.8) is 0 Å². The molecule has 0 saturated heterocycles. The van der Waals surface area contributed by atoms with Gasteiger partial charge in [0, 0.05) is 0 Å². The fourth-order valence-electron chi connectivity index (χ4n) is 1.20. The molecule has 80 valence electrons. The van der Waals surface area contributed by atoms with Gasteiger partial charge >= 0.3 is 6.03 Å². The first kappa shape index (κ1) is 10.2. The molecule has 5 heteroatoms. The van der Waals surface area contributed by atoms with Gasteiger partial charge < -0.3 is 4.74 Å². The minimum absolute atomic E-state index is 0.282. The van der Waals surface area contributed by atoms with Gasteiger partial charge in [0.15, 0.2) is 5.84 Å². The minimum atomic E-state index is -0.581. The molecule has 16 heavy (non-hydrogen) atoms. The van der Waals surface area contributed by atoms with E-state index in [9.17, 15) is 4.79 Å². The summed E-state index contributed by atoms with van der Waals surface area (Å²) in [4.78, 5) is 14.2. The van der Waals surface area contributed by atoms with Crippen LogP contribution in [-0.2, 0) is 0 Å². The van der Waals surface area contributed by atoms with Crippen LogP contribution in [0.5, 0.6) is 5.75 Å². The Hall–Kier alpha value is -2.30. The highest BCUT2D eigenvalue weighted by atomic mass is 16.5. The Labute approximate surface area is 92.2 Å². The van der Waals surface area contributed by atoms with Gasteiger partial charge in [-0.2, -0.15) is 4.99 Å². The van der Waals surface area contributed by atoms with Gasteiger partial charge in [0.25, 0.3) is 0 Å². The lowest BCUT2D eigenvalue weighted by molar-refractivity contribution is 0.257. The number of hydrogen-bond donors (Lipinski definition) is 0. The summed E-state index contributed by atoms with van der Waals surface area (Å²) in [6, 6.07) is 8.66. The number of para-hydroxylation sites is 1. The normalized spacial score (nSPS) is 13.8. The van der Waals surface area contributed by atoms with E-state index in [0.29, 0.717) is 17.3 Å². The SMILES string of the molecule is C=C(CC1=NC(=O)N=N1)Oc1ccccc1. The fraction of sp³-hybridized carbons (Fsp3) is 0.0909. The maximum atomic E-state index is 10.7. The van der Waals surface area contributed by atoms with Crippen LogP contribution in [0.15, 0.2) is 57.9 Å². The Balaban J connectivity index is 1.93. The quantitative estimate of drug-likeness (QED) is 0.725. The third kappa shape index (κ3) is 2.60. The molecule has 1 aliphatic rings. The van der Waals surface area contributed by atoms with Gasteiger partial charge in [-0.15, -0.1) is 5.11 Å². The zero-order chi connectivity index (χ0) is 11.4. The van der Waals surface area contributed by atoms with Crippen molar-refractivity contribution in [3.05, 3.63) is 42.7 Å². The lowest BCUT2D eigenvalue weighted by Gasteiger charge is -2.06. The second kappa shape index (κ2) is 4.48. The van der Waals surface area contributed by atoms with E-state index >= 15 is 0 Å². The van der Waals surface area contributed by atoms with Crippen molar-refractivity contribution in [1.29, 1.82) is 0 Å². The molecule has 0 fully saturated rings. The van der Waals surface area contributed by atoms with Crippen LogP contribution in [0.25, 0.3) is 0 Å². The van der Waals surface area contributed by atoms with Gasteiger partial charge in [-0.1, -0.05) is 29.9 Å². The number of aliphatic imine (C=N–C) groups is 1. The summed E-state index contributed by atoms with van der Waals surface area (Å²) < 4.78 is 5.42. The van der Waals surface area contributed by atoms with Crippen LogP contribution in [0, 0.1) is 0 Å². The molecule has 0 aromatic heterocycles. The van der Waals surface area contributed by atoms with Gasteiger partial charge in [-0.25, -0.2) is 4.79 Å². The first-order chi connectivity index (χ1) is 7.74. The van der Waals surface area contributed by atoms with E-state index in [1.165, 1.54) is 0 Å². The minimum Gasteiger partial charge on any atom is -0.462 e. The average molecular weight is 215 g/mol. The van der Waals surface area contributed by atoms with Crippen molar-refractivity contribution < 1.29 is 9.53 Å². The number of amides is 2. The summed E-state index contributed by atoms with van der Waals surface area (Å²) in [7, 11) is 0. The Morgan fingerprint density at radius 1 is 1.25 bits per heavy atom. The van der Waals surface area contributed by atoms with Crippen molar-refractivity contribution in [1.82, 2.24) is 0 Å². The van der Waals surface area contributed by atoms with Crippen molar-refractivity contribution >= 4 is 11.9 Å². The van der Waals surface area contributed by atoms with Gasteiger partial charge in [-0.3, -0.25) is 0 Å². The third-order valence-corrected chi connectivity index (χ3v) is 1.84. The average Bonchev–Trinajstić information content (AvgIpc) is 2.65. The van der Waals surface area contributed by atoms with Gasteiger partial charge in [0.2, 0.25) is 0 Å². The number of carbonyl (C=O) groups excluding carboxylic acids is 1. The molecular weight excluding hydrogens is 206 g/mol. The second-order valence-electron chi connectivity index (χ2n) is 3.14. The van der Waals surface area contributed by atoms with Crippen molar-refractivity contribution in [2.45, 2.75) is 6.42 Å².